The van der Waals surface area contributed by atoms with Gasteiger partial charge in [0, 0.05) is 11.4 Å². The first-order valence-electron chi connectivity index (χ1n) is 4.12. The maximum atomic E-state index is 3.38. The van der Waals surface area contributed by atoms with Gasteiger partial charge in [-0.25, -0.2) is 0 Å². The van der Waals surface area contributed by atoms with Gasteiger partial charge < -0.3 is 5.32 Å². The minimum atomic E-state index is 0.792. The molecule has 1 aliphatic rings. The fraction of sp³-hybridized carbons (Fsp3) is 0.556. The van der Waals surface area contributed by atoms with Crippen LogP contribution in [0.3, 0.4) is 0 Å². The molecule has 0 saturated carbocycles. The van der Waals surface area contributed by atoms with Gasteiger partial charge in [0.05, 0.1) is 0 Å². The lowest BCUT2D eigenvalue weighted by molar-refractivity contribution is 0.766. The highest BCUT2D eigenvalue weighted by Crippen LogP contribution is 2.26. The molecule has 1 nitrogen and oxygen atoms in total. The van der Waals surface area contributed by atoms with Crippen molar-refractivity contribution in [2.24, 2.45) is 0 Å². The first kappa shape index (κ1) is 7.32. The Morgan fingerprint density at radius 3 is 3.09 bits per heavy atom. The Morgan fingerprint density at radius 2 is 2.55 bits per heavy atom. The van der Waals surface area contributed by atoms with Crippen LogP contribution in [0.4, 0.5) is 0 Å². The lowest BCUT2D eigenvalue weighted by Crippen LogP contribution is -2.07. The summed E-state index contributed by atoms with van der Waals surface area (Å²) in [5.41, 5.74) is 1.54. The van der Waals surface area contributed by atoms with Crippen molar-refractivity contribution in [2.75, 3.05) is 13.1 Å². The first-order valence-corrected chi connectivity index (χ1v) is 5.00. The predicted octanol–water partition coefficient (Wildman–Crippen LogP) is 2.13. The monoisotopic (exact) mass is 167 g/mol. The third kappa shape index (κ3) is 1.47. The van der Waals surface area contributed by atoms with Gasteiger partial charge >= 0.3 is 0 Å². The van der Waals surface area contributed by atoms with Crippen molar-refractivity contribution in [1.29, 1.82) is 0 Å². The van der Waals surface area contributed by atoms with Crippen LogP contribution in [0.1, 0.15) is 22.8 Å². The smallest absolute Gasteiger partial charge is 0.00209 e. The Bertz CT molecular complexity index is 235. The average molecular weight is 167 g/mol. The van der Waals surface area contributed by atoms with Crippen LogP contribution >= 0.6 is 11.3 Å². The number of hydrogen-bond acceptors (Lipinski definition) is 2. The van der Waals surface area contributed by atoms with Crippen LogP contribution in [-0.4, -0.2) is 13.1 Å². The lowest BCUT2D eigenvalue weighted by atomic mass is 10.0. The molecule has 0 aromatic carbocycles. The summed E-state index contributed by atoms with van der Waals surface area (Å²) < 4.78 is 0. The molecule has 0 aliphatic carbocycles. The van der Waals surface area contributed by atoms with Gasteiger partial charge in [-0.2, -0.15) is 0 Å². The molecule has 2 heteroatoms. The van der Waals surface area contributed by atoms with Gasteiger partial charge in [0.15, 0.2) is 0 Å². The Labute approximate surface area is 71.4 Å². The van der Waals surface area contributed by atoms with Crippen molar-refractivity contribution < 1.29 is 0 Å². The standard InChI is InChI=1S/C9H13NS/c1-7-4-9(6-11-7)8-2-3-10-5-8/h4,6,8,10H,2-3,5H2,1H3. The van der Waals surface area contributed by atoms with Crippen LogP contribution in [0, 0.1) is 6.92 Å². The Hall–Kier alpha value is -0.340. The number of nitrogens with one attached hydrogen (secondary N) is 1. The molecule has 1 aliphatic heterocycles. The lowest BCUT2D eigenvalue weighted by Gasteiger charge is -2.03. The van der Waals surface area contributed by atoms with Crippen molar-refractivity contribution in [1.82, 2.24) is 5.32 Å². The van der Waals surface area contributed by atoms with Gasteiger partial charge in [-0.05, 0) is 42.8 Å². The van der Waals surface area contributed by atoms with E-state index in [1.807, 2.05) is 11.3 Å². The van der Waals surface area contributed by atoms with E-state index in [9.17, 15) is 0 Å². The van der Waals surface area contributed by atoms with Crippen molar-refractivity contribution in [3.05, 3.63) is 21.9 Å². The predicted molar refractivity (Wildman–Crippen MR) is 49.3 cm³/mol. The summed E-state index contributed by atoms with van der Waals surface area (Å²) in [6, 6.07) is 2.32. The molecule has 1 aromatic rings. The van der Waals surface area contributed by atoms with Crippen molar-refractivity contribution in [3.8, 4) is 0 Å². The SMILES string of the molecule is Cc1cc(C2CCNC2)cs1. The second-order valence-electron chi connectivity index (χ2n) is 3.18. The normalized spacial score (nSPS) is 24.3. The van der Waals surface area contributed by atoms with Crippen LogP contribution in [0.2, 0.25) is 0 Å². The maximum Gasteiger partial charge on any atom is 0.00209 e. The van der Waals surface area contributed by atoms with E-state index in [-0.39, 0.29) is 0 Å². The molecule has 1 saturated heterocycles. The Morgan fingerprint density at radius 1 is 1.64 bits per heavy atom. The molecule has 1 aromatic heterocycles. The van der Waals surface area contributed by atoms with E-state index in [0.717, 1.165) is 5.92 Å². The van der Waals surface area contributed by atoms with E-state index < -0.39 is 0 Å². The maximum absolute atomic E-state index is 3.38. The van der Waals surface area contributed by atoms with Crippen LogP contribution in [0.5, 0.6) is 0 Å². The van der Waals surface area contributed by atoms with Crippen LogP contribution in [0.25, 0.3) is 0 Å². The summed E-state index contributed by atoms with van der Waals surface area (Å²) in [6.07, 6.45) is 1.32. The molecular formula is C9H13NS. The minimum absolute atomic E-state index is 0.792. The van der Waals surface area contributed by atoms with Gasteiger partial charge in [0.25, 0.3) is 0 Å². The Kier molecular flexibility index (Phi) is 1.96. The molecule has 2 rings (SSSR count). The third-order valence-electron chi connectivity index (χ3n) is 2.28. The first-order chi connectivity index (χ1) is 5.36. The summed E-state index contributed by atoms with van der Waals surface area (Å²) >= 11 is 1.86. The van der Waals surface area contributed by atoms with E-state index in [1.54, 1.807) is 0 Å². The molecule has 1 fully saturated rings. The third-order valence-corrected chi connectivity index (χ3v) is 3.16. The quantitative estimate of drug-likeness (QED) is 0.675. The molecule has 1 unspecified atom stereocenters. The summed E-state index contributed by atoms with van der Waals surface area (Å²) in [6.45, 7) is 4.55. The second kappa shape index (κ2) is 2.95. The van der Waals surface area contributed by atoms with E-state index >= 15 is 0 Å². The van der Waals surface area contributed by atoms with Gasteiger partial charge in [-0.1, -0.05) is 0 Å². The summed E-state index contributed by atoms with van der Waals surface area (Å²) in [7, 11) is 0. The van der Waals surface area contributed by atoms with Crippen molar-refractivity contribution in [3.63, 3.8) is 0 Å². The molecule has 0 bridgehead atoms. The highest BCUT2D eigenvalue weighted by atomic mass is 32.1. The molecule has 11 heavy (non-hydrogen) atoms. The molecule has 0 radical (unpaired) electrons. The zero-order chi connectivity index (χ0) is 7.68. The van der Waals surface area contributed by atoms with Crippen LogP contribution in [0.15, 0.2) is 11.4 Å². The zero-order valence-electron chi connectivity index (χ0n) is 6.76. The molecular weight excluding hydrogens is 154 g/mol. The molecule has 60 valence electrons. The van der Waals surface area contributed by atoms with E-state index in [2.05, 4.69) is 23.7 Å². The highest BCUT2D eigenvalue weighted by Gasteiger charge is 2.16. The fourth-order valence-electron chi connectivity index (χ4n) is 1.62. The topological polar surface area (TPSA) is 12.0 Å². The Balaban J connectivity index is 2.15. The van der Waals surface area contributed by atoms with Gasteiger partial charge in [-0.15, -0.1) is 11.3 Å². The number of thiophene rings is 1. The van der Waals surface area contributed by atoms with E-state index in [0.29, 0.717) is 0 Å². The van der Waals surface area contributed by atoms with Gasteiger partial charge in [-0.3, -0.25) is 0 Å². The summed E-state index contributed by atoms with van der Waals surface area (Å²) in [5.74, 6) is 0.792. The number of hydrogen-bond donors (Lipinski definition) is 1. The molecule has 1 N–H and O–H groups in total. The largest absolute Gasteiger partial charge is 0.316 e. The summed E-state index contributed by atoms with van der Waals surface area (Å²) in [5, 5.41) is 5.68. The molecule has 0 amide bonds. The zero-order valence-corrected chi connectivity index (χ0v) is 7.58. The highest BCUT2D eigenvalue weighted by molar-refractivity contribution is 7.10. The summed E-state index contributed by atoms with van der Waals surface area (Å²) in [4.78, 5) is 1.44. The second-order valence-corrected chi connectivity index (χ2v) is 4.30. The molecule has 0 spiro atoms. The average Bonchev–Trinajstić information content (AvgIpc) is 2.55. The van der Waals surface area contributed by atoms with Crippen molar-refractivity contribution in [2.45, 2.75) is 19.3 Å². The number of rotatable bonds is 1. The van der Waals surface area contributed by atoms with E-state index in [4.69, 9.17) is 0 Å². The molecule has 1 atom stereocenters. The van der Waals surface area contributed by atoms with Crippen LogP contribution < -0.4 is 5.32 Å². The van der Waals surface area contributed by atoms with Crippen molar-refractivity contribution >= 4 is 11.3 Å². The fourth-order valence-corrected chi connectivity index (χ4v) is 2.40. The van der Waals surface area contributed by atoms with Crippen LogP contribution in [-0.2, 0) is 0 Å². The van der Waals surface area contributed by atoms with Gasteiger partial charge in [0.1, 0.15) is 0 Å². The minimum Gasteiger partial charge on any atom is -0.316 e. The van der Waals surface area contributed by atoms with E-state index in [1.165, 1.54) is 30.0 Å². The van der Waals surface area contributed by atoms with Gasteiger partial charge in [0.2, 0.25) is 0 Å². The number of aryl methyl sites for hydroxylation is 1. The molecule has 2 heterocycles.